The molecule has 8 nitrogen and oxygen atoms in total. The lowest BCUT2D eigenvalue weighted by Crippen LogP contribution is -2.38. The van der Waals surface area contributed by atoms with E-state index in [1.165, 1.54) is 4.31 Å². The second-order valence-corrected chi connectivity index (χ2v) is 10.5. The number of carbonyl (C=O) groups is 3. The van der Waals surface area contributed by atoms with Crippen LogP contribution in [0.1, 0.15) is 63.4 Å². The summed E-state index contributed by atoms with van der Waals surface area (Å²) < 4.78 is 31.8. The molecule has 0 atom stereocenters. The molecule has 2 fully saturated rings. The number of hydrogen-bond acceptors (Lipinski definition) is 6. The van der Waals surface area contributed by atoms with Crippen LogP contribution in [0.25, 0.3) is 0 Å². The van der Waals surface area contributed by atoms with E-state index in [-0.39, 0.29) is 23.1 Å². The predicted molar refractivity (Wildman–Crippen MR) is 118 cm³/mol. The largest absolute Gasteiger partial charge is 0.456 e. The molecule has 1 saturated heterocycles. The Balaban J connectivity index is 1.39. The van der Waals surface area contributed by atoms with Gasteiger partial charge in [-0.05, 0) is 49.8 Å². The third-order valence-electron chi connectivity index (χ3n) is 6.10. The third kappa shape index (κ3) is 6.87. The fourth-order valence-corrected chi connectivity index (χ4v) is 5.70. The van der Waals surface area contributed by atoms with Gasteiger partial charge in [0.1, 0.15) is 0 Å². The smallest absolute Gasteiger partial charge is 0.306 e. The molecule has 0 aromatic heterocycles. The zero-order valence-corrected chi connectivity index (χ0v) is 19.2. The van der Waals surface area contributed by atoms with Gasteiger partial charge in [-0.2, -0.15) is 4.31 Å². The zero-order valence-electron chi connectivity index (χ0n) is 18.4. The Labute approximate surface area is 189 Å². The minimum absolute atomic E-state index is 0.0576. The van der Waals surface area contributed by atoms with Gasteiger partial charge in [0.25, 0.3) is 5.91 Å². The Bertz CT molecular complexity index is 901. The van der Waals surface area contributed by atoms with Gasteiger partial charge in [-0.3, -0.25) is 19.7 Å². The van der Waals surface area contributed by atoms with Gasteiger partial charge >= 0.3 is 5.97 Å². The maximum atomic E-state index is 12.7. The monoisotopic (exact) mass is 464 g/mol. The summed E-state index contributed by atoms with van der Waals surface area (Å²) in [5, 5.41) is 2.31. The normalized spacial score (nSPS) is 18.1. The first kappa shape index (κ1) is 24.4. The lowest BCUT2D eigenvalue weighted by molar-refractivity contribution is -0.150. The molecule has 1 aliphatic carbocycles. The fourth-order valence-electron chi connectivity index (χ4n) is 4.19. The summed E-state index contributed by atoms with van der Waals surface area (Å²) in [6.07, 6.45) is 7.92. The highest BCUT2D eigenvalue weighted by molar-refractivity contribution is 7.89. The molecule has 3 rings (SSSR count). The lowest BCUT2D eigenvalue weighted by Gasteiger charge is -2.25. The van der Waals surface area contributed by atoms with Crippen molar-refractivity contribution in [3.63, 3.8) is 0 Å². The van der Waals surface area contributed by atoms with Crippen molar-refractivity contribution in [1.82, 2.24) is 9.62 Å². The van der Waals surface area contributed by atoms with E-state index in [9.17, 15) is 22.8 Å². The van der Waals surface area contributed by atoms with Crippen molar-refractivity contribution in [3.8, 4) is 0 Å². The SMILES string of the molecule is O=C(COC(=O)CCc1ccc(S(=O)(=O)N2CCCCC2)cc1)NC(=O)C1CCCCC1. The van der Waals surface area contributed by atoms with Crippen molar-refractivity contribution in [2.75, 3.05) is 19.7 Å². The Morgan fingerprint density at radius 2 is 1.56 bits per heavy atom. The molecule has 32 heavy (non-hydrogen) atoms. The maximum Gasteiger partial charge on any atom is 0.306 e. The average molecular weight is 465 g/mol. The summed E-state index contributed by atoms with van der Waals surface area (Å²) in [5.41, 5.74) is 0.802. The van der Waals surface area contributed by atoms with E-state index in [0.29, 0.717) is 19.5 Å². The summed E-state index contributed by atoms with van der Waals surface area (Å²) in [6, 6.07) is 6.52. The van der Waals surface area contributed by atoms with Gasteiger partial charge in [-0.25, -0.2) is 8.42 Å². The predicted octanol–water partition coefficient (Wildman–Crippen LogP) is 2.56. The van der Waals surface area contributed by atoms with Crippen LogP contribution in [0.3, 0.4) is 0 Å². The van der Waals surface area contributed by atoms with Gasteiger partial charge in [0.05, 0.1) is 4.90 Å². The van der Waals surface area contributed by atoms with Crippen LogP contribution >= 0.6 is 0 Å². The molecule has 9 heteroatoms. The molecule has 2 amide bonds. The number of ether oxygens (including phenoxy) is 1. The van der Waals surface area contributed by atoms with Gasteiger partial charge in [-0.15, -0.1) is 0 Å². The summed E-state index contributed by atoms with van der Waals surface area (Å²) >= 11 is 0. The molecule has 176 valence electrons. The molecule has 1 aromatic carbocycles. The molecule has 1 heterocycles. The van der Waals surface area contributed by atoms with Crippen molar-refractivity contribution < 1.29 is 27.5 Å². The number of sulfonamides is 1. The first-order chi connectivity index (χ1) is 15.4. The number of nitrogens with zero attached hydrogens (tertiary/aromatic N) is 1. The first-order valence-corrected chi connectivity index (χ1v) is 12.9. The topological polar surface area (TPSA) is 110 Å². The molecule has 0 unspecified atom stereocenters. The van der Waals surface area contributed by atoms with Crippen molar-refractivity contribution in [3.05, 3.63) is 29.8 Å². The number of carbonyl (C=O) groups excluding carboxylic acids is 3. The van der Waals surface area contributed by atoms with E-state index in [0.717, 1.165) is 56.9 Å². The van der Waals surface area contributed by atoms with E-state index >= 15 is 0 Å². The van der Waals surface area contributed by atoms with Gasteiger partial charge in [0.2, 0.25) is 15.9 Å². The van der Waals surface area contributed by atoms with Crippen LogP contribution in [0.2, 0.25) is 0 Å². The average Bonchev–Trinajstić information content (AvgIpc) is 2.82. The molecule has 1 saturated carbocycles. The summed E-state index contributed by atoms with van der Waals surface area (Å²) in [7, 11) is -3.48. The zero-order chi connectivity index (χ0) is 23.0. The van der Waals surface area contributed by atoms with Crippen LogP contribution < -0.4 is 5.32 Å². The Kier molecular flexibility index (Phi) is 8.81. The second kappa shape index (κ2) is 11.6. The van der Waals surface area contributed by atoms with E-state index in [1.54, 1.807) is 24.3 Å². The van der Waals surface area contributed by atoms with Crippen LogP contribution in [-0.4, -0.2) is 50.2 Å². The highest BCUT2D eigenvalue weighted by atomic mass is 32.2. The number of imide groups is 1. The van der Waals surface area contributed by atoms with Crippen LogP contribution in [0.5, 0.6) is 0 Å². The number of aryl methyl sites for hydroxylation is 1. The number of amides is 2. The number of nitrogens with one attached hydrogen (secondary N) is 1. The van der Waals surface area contributed by atoms with Crippen LogP contribution in [0.4, 0.5) is 0 Å². The number of piperidine rings is 1. The minimum atomic E-state index is -3.48. The highest BCUT2D eigenvalue weighted by Gasteiger charge is 2.26. The molecular formula is C23H32N2O6S. The summed E-state index contributed by atoms with van der Waals surface area (Å²) in [6.45, 7) is 0.621. The van der Waals surface area contributed by atoms with E-state index < -0.39 is 28.5 Å². The quantitative estimate of drug-likeness (QED) is 0.592. The fraction of sp³-hybridized carbons (Fsp3) is 0.609. The molecule has 1 aliphatic heterocycles. The molecular weight excluding hydrogens is 432 g/mol. The molecule has 0 spiro atoms. The van der Waals surface area contributed by atoms with Crippen molar-refractivity contribution in [2.45, 2.75) is 69.1 Å². The lowest BCUT2D eigenvalue weighted by atomic mass is 9.89. The minimum Gasteiger partial charge on any atom is -0.456 e. The van der Waals surface area contributed by atoms with Gasteiger partial charge in [0, 0.05) is 25.4 Å². The number of benzene rings is 1. The Hall–Kier alpha value is -2.26. The first-order valence-electron chi connectivity index (χ1n) is 11.4. The van der Waals surface area contributed by atoms with Crippen LogP contribution in [0.15, 0.2) is 29.2 Å². The Morgan fingerprint density at radius 1 is 0.938 bits per heavy atom. The molecule has 1 aromatic rings. The number of esters is 1. The highest BCUT2D eigenvalue weighted by Crippen LogP contribution is 2.23. The summed E-state index contributed by atoms with van der Waals surface area (Å²) in [5.74, 6) is -1.58. The Morgan fingerprint density at radius 3 is 2.22 bits per heavy atom. The van der Waals surface area contributed by atoms with E-state index in [4.69, 9.17) is 4.74 Å². The van der Waals surface area contributed by atoms with Crippen molar-refractivity contribution >= 4 is 27.8 Å². The van der Waals surface area contributed by atoms with Crippen molar-refractivity contribution in [1.29, 1.82) is 0 Å². The molecule has 1 N–H and O–H groups in total. The number of hydrogen-bond donors (Lipinski definition) is 1. The van der Waals surface area contributed by atoms with Crippen LogP contribution in [0, 0.1) is 5.92 Å². The molecule has 2 aliphatic rings. The molecule has 0 radical (unpaired) electrons. The second-order valence-electron chi connectivity index (χ2n) is 8.52. The van der Waals surface area contributed by atoms with Crippen LogP contribution in [-0.2, 0) is 35.6 Å². The third-order valence-corrected chi connectivity index (χ3v) is 8.01. The summed E-state index contributed by atoms with van der Waals surface area (Å²) in [4.78, 5) is 36.1. The standard InChI is InChI=1S/C23H32N2O6S/c26-21(24-23(28)19-7-3-1-4-8-19)17-31-22(27)14-11-18-9-12-20(13-10-18)32(29,30)25-15-5-2-6-16-25/h9-10,12-13,19H,1-8,11,14-17H2,(H,24,26,28). The van der Waals surface area contributed by atoms with Crippen molar-refractivity contribution in [2.24, 2.45) is 5.92 Å². The van der Waals surface area contributed by atoms with Gasteiger partial charge in [0.15, 0.2) is 6.61 Å². The van der Waals surface area contributed by atoms with E-state index in [1.807, 2.05) is 0 Å². The van der Waals surface area contributed by atoms with E-state index in [2.05, 4.69) is 5.32 Å². The number of rotatable bonds is 8. The molecule has 0 bridgehead atoms. The van der Waals surface area contributed by atoms with Gasteiger partial charge < -0.3 is 4.74 Å². The van der Waals surface area contributed by atoms with Gasteiger partial charge in [-0.1, -0.05) is 37.8 Å². The maximum absolute atomic E-state index is 12.7.